The maximum absolute atomic E-state index is 13.4. The fourth-order valence-corrected chi connectivity index (χ4v) is 4.24. The van der Waals surface area contributed by atoms with E-state index in [9.17, 15) is 4.79 Å². The molecule has 1 aromatic carbocycles. The molecule has 0 bridgehead atoms. The Labute approximate surface area is 202 Å². The van der Waals surface area contributed by atoms with E-state index in [1.165, 1.54) is 0 Å². The Morgan fingerprint density at radius 1 is 1.06 bits per heavy atom. The summed E-state index contributed by atoms with van der Waals surface area (Å²) in [5.41, 5.74) is 4.41. The van der Waals surface area contributed by atoms with Gasteiger partial charge in [-0.15, -0.1) is 5.10 Å². The Morgan fingerprint density at radius 2 is 1.89 bits per heavy atom. The van der Waals surface area contributed by atoms with E-state index in [0.29, 0.717) is 18.3 Å². The fourth-order valence-electron chi connectivity index (χ4n) is 4.24. The standard InChI is InChI=1S/C25H27N9O/c1-4-7-19-16-34(24-26-12-13-32(24)17(2)3)25(35)33(19)15-18-10-11-22(27-14-18)20-8-5-6-9-21(20)23-28-30-31-29-23/h5-6,8-14,16-17H,4,7,15H2,1-3H3,(H,28,29,30,31). The summed E-state index contributed by atoms with van der Waals surface area (Å²) in [6.07, 6.45) is 9.10. The molecule has 0 saturated carbocycles. The van der Waals surface area contributed by atoms with Crippen molar-refractivity contribution in [3.05, 3.63) is 82.9 Å². The van der Waals surface area contributed by atoms with Crippen molar-refractivity contribution in [3.63, 3.8) is 0 Å². The van der Waals surface area contributed by atoms with E-state index in [2.05, 4.69) is 46.4 Å². The number of pyridine rings is 1. The Bertz CT molecular complexity index is 1470. The number of benzene rings is 1. The second kappa shape index (κ2) is 9.49. The number of aryl methyl sites for hydroxylation is 1. The van der Waals surface area contributed by atoms with Crippen molar-refractivity contribution in [1.29, 1.82) is 0 Å². The van der Waals surface area contributed by atoms with E-state index in [1.54, 1.807) is 10.8 Å². The second-order valence-corrected chi connectivity index (χ2v) is 8.68. The van der Waals surface area contributed by atoms with Gasteiger partial charge in [-0.1, -0.05) is 43.7 Å². The van der Waals surface area contributed by atoms with Gasteiger partial charge >= 0.3 is 5.69 Å². The molecule has 1 N–H and O–H groups in total. The predicted octanol–water partition coefficient (Wildman–Crippen LogP) is 3.66. The highest BCUT2D eigenvalue weighted by Gasteiger charge is 2.17. The van der Waals surface area contributed by atoms with Crippen molar-refractivity contribution in [2.45, 2.75) is 46.2 Å². The molecule has 4 aromatic heterocycles. The molecule has 0 spiro atoms. The molecule has 0 atom stereocenters. The monoisotopic (exact) mass is 469 g/mol. The summed E-state index contributed by atoms with van der Waals surface area (Å²) < 4.78 is 5.46. The van der Waals surface area contributed by atoms with Gasteiger partial charge in [-0.25, -0.2) is 19.4 Å². The van der Waals surface area contributed by atoms with Gasteiger partial charge in [0.25, 0.3) is 0 Å². The minimum absolute atomic E-state index is 0.103. The molecular weight excluding hydrogens is 442 g/mol. The molecule has 5 rings (SSSR count). The molecular formula is C25H27N9O. The quantitative estimate of drug-likeness (QED) is 0.371. The molecule has 0 aliphatic heterocycles. The summed E-state index contributed by atoms with van der Waals surface area (Å²) in [7, 11) is 0. The Kier molecular flexibility index (Phi) is 6.09. The predicted molar refractivity (Wildman–Crippen MR) is 132 cm³/mol. The molecule has 10 nitrogen and oxygen atoms in total. The number of hydrogen-bond donors (Lipinski definition) is 1. The molecule has 0 aliphatic rings. The van der Waals surface area contributed by atoms with E-state index >= 15 is 0 Å². The number of nitrogens with one attached hydrogen (secondary N) is 1. The zero-order valence-electron chi connectivity index (χ0n) is 20.0. The second-order valence-electron chi connectivity index (χ2n) is 8.68. The largest absolute Gasteiger partial charge is 0.335 e. The van der Waals surface area contributed by atoms with Crippen LogP contribution in [0.2, 0.25) is 0 Å². The number of tetrazole rings is 1. The number of H-pyrrole nitrogens is 1. The number of aromatic nitrogens is 9. The third-order valence-electron chi connectivity index (χ3n) is 5.96. The van der Waals surface area contributed by atoms with Crippen molar-refractivity contribution in [3.8, 4) is 28.6 Å². The molecule has 0 radical (unpaired) electrons. The minimum atomic E-state index is -0.103. The lowest BCUT2D eigenvalue weighted by Gasteiger charge is -2.11. The van der Waals surface area contributed by atoms with E-state index in [4.69, 9.17) is 4.98 Å². The highest BCUT2D eigenvalue weighted by atomic mass is 16.1. The maximum Gasteiger partial charge on any atom is 0.335 e. The number of rotatable bonds is 8. The van der Waals surface area contributed by atoms with Crippen LogP contribution in [-0.2, 0) is 13.0 Å². The lowest BCUT2D eigenvalue weighted by molar-refractivity contribution is 0.577. The topological polar surface area (TPSA) is 112 Å². The third kappa shape index (κ3) is 4.30. The first-order valence-corrected chi connectivity index (χ1v) is 11.7. The van der Waals surface area contributed by atoms with Crippen LogP contribution in [0.15, 0.2) is 66.0 Å². The number of aromatic amines is 1. The first-order chi connectivity index (χ1) is 17.1. The van der Waals surface area contributed by atoms with Gasteiger partial charge in [0.05, 0.1) is 12.2 Å². The van der Waals surface area contributed by atoms with Gasteiger partial charge in [-0.05, 0) is 42.3 Å². The minimum Gasteiger partial charge on any atom is -0.314 e. The molecule has 0 aliphatic carbocycles. The molecule has 0 saturated heterocycles. The van der Waals surface area contributed by atoms with Gasteiger partial charge in [0.15, 0.2) is 5.82 Å². The lowest BCUT2D eigenvalue weighted by atomic mass is 10.0. The van der Waals surface area contributed by atoms with Crippen molar-refractivity contribution in [1.82, 2.24) is 44.3 Å². The van der Waals surface area contributed by atoms with E-state index < -0.39 is 0 Å². The van der Waals surface area contributed by atoms with Crippen LogP contribution in [0.3, 0.4) is 0 Å². The molecule has 178 valence electrons. The average Bonchev–Trinajstić information content (AvgIpc) is 3.62. The lowest BCUT2D eigenvalue weighted by Crippen LogP contribution is -2.26. The van der Waals surface area contributed by atoms with Crippen molar-refractivity contribution in [2.75, 3.05) is 0 Å². The van der Waals surface area contributed by atoms with Gasteiger partial charge in [0.1, 0.15) is 0 Å². The van der Waals surface area contributed by atoms with Gasteiger partial charge < -0.3 is 4.57 Å². The first-order valence-electron chi connectivity index (χ1n) is 11.7. The summed E-state index contributed by atoms with van der Waals surface area (Å²) >= 11 is 0. The van der Waals surface area contributed by atoms with Crippen LogP contribution in [0, 0.1) is 0 Å². The highest BCUT2D eigenvalue weighted by Crippen LogP contribution is 2.28. The first kappa shape index (κ1) is 22.5. The normalized spacial score (nSPS) is 11.4. The number of nitrogens with zero attached hydrogens (tertiary/aromatic N) is 8. The summed E-state index contributed by atoms with van der Waals surface area (Å²) in [4.78, 5) is 22.6. The molecule has 4 heterocycles. The zero-order valence-corrected chi connectivity index (χ0v) is 20.0. The van der Waals surface area contributed by atoms with Crippen LogP contribution >= 0.6 is 0 Å². The highest BCUT2D eigenvalue weighted by molar-refractivity contribution is 5.78. The van der Waals surface area contributed by atoms with Gasteiger partial charge in [0.2, 0.25) is 5.95 Å². The average molecular weight is 470 g/mol. The van der Waals surface area contributed by atoms with Crippen LogP contribution < -0.4 is 5.69 Å². The van der Waals surface area contributed by atoms with E-state index in [-0.39, 0.29) is 11.7 Å². The van der Waals surface area contributed by atoms with Crippen LogP contribution in [0.1, 0.15) is 44.5 Å². The molecule has 0 amide bonds. The van der Waals surface area contributed by atoms with E-state index in [1.807, 2.05) is 64.1 Å². The Balaban J connectivity index is 1.47. The van der Waals surface area contributed by atoms with Crippen LogP contribution in [-0.4, -0.2) is 44.3 Å². The summed E-state index contributed by atoms with van der Waals surface area (Å²) in [6, 6.07) is 12.0. The van der Waals surface area contributed by atoms with Crippen molar-refractivity contribution >= 4 is 0 Å². The maximum atomic E-state index is 13.4. The van der Waals surface area contributed by atoms with Gasteiger partial charge in [-0.3, -0.25) is 9.55 Å². The number of imidazole rings is 2. The smallest absolute Gasteiger partial charge is 0.314 e. The summed E-state index contributed by atoms with van der Waals surface area (Å²) in [6.45, 7) is 6.69. The van der Waals surface area contributed by atoms with Crippen LogP contribution in [0.4, 0.5) is 0 Å². The Hall–Kier alpha value is -4.34. The molecule has 5 aromatic rings. The molecule has 10 heteroatoms. The van der Waals surface area contributed by atoms with Gasteiger partial charge in [-0.2, -0.15) is 0 Å². The van der Waals surface area contributed by atoms with Gasteiger partial charge in [0, 0.05) is 47.7 Å². The fraction of sp³-hybridized carbons (Fsp3) is 0.280. The van der Waals surface area contributed by atoms with Crippen molar-refractivity contribution < 1.29 is 0 Å². The summed E-state index contributed by atoms with van der Waals surface area (Å²) in [5, 5.41) is 14.2. The van der Waals surface area contributed by atoms with Crippen LogP contribution in [0.25, 0.3) is 28.6 Å². The van der Waals surface area contributed by atoms with Crippen LogP contribution in [0.5, 0.6) is 0 Å². The zero-order chi connectivity index (χ0) is 24.4. The number of hydrogen-bond acceptors (Lipinski definition) is 6. The van der Waals surface area contributed by atoms with E-state index in [0.717, 1.165) is 40.9 Å². The molecule has 0 unspecified atom stereocenters. The van der Waals surface area contributed by atoms with Crippen molar-refractivity contribution in [2.24, 2.45) is 0 Å². The molecule has 0 fully saturated rings. The molecule has 35 heavy (non-hydrogen) atoms. The summed E-state index contributed by atoms with van der Waals surface area (Å²) in [5.74, 6) is 1.22. The third-order valence-corrected chi connectivity index (χ3v) is 5.96. The Morgan fingerprint density at radius 3 is 2.57 bits per heavy atom. The SMILES string of the molecule is CCCc1cn(-c2nccn2C(C)C)c(=O)n1Cc1ccc(-c2ccccc2-c2nnn[nH]2)nc1.